The van der Waals surface area contributed by atoms with Gasteiger partial charge < -0.3 is 10.4 Å². The van der Waals surface area contributed by atoms with Crippen molar-refractivity contribution in [2.75, 3.05) is 13.1 Å². The molecule has 0 bridgehead atoms. The molecule has 0 aromatic rings. The van der Waals surface area contributed by atoms with Crippen molar-refractivity contribution in [3.05, 3.63) is 24.4 Å². The van der Waals surface area contributed by atoms with Crippen molar-refractivity contribution in [1.82, 2.24) is 4.90 Å². The molecular formula is C9H17NO. The summed E-state index contributed by atoms with van der Waals surface area (Å²) in [6, 6.07) is 0. The van der Waals surface area contributed by atoms with E-state index in [0.717, 1.165) is 6.54 Å². The first-order valence-electron chi connectivity index (χ1n) is 4.01. The molecule has 0 radical (unpaired) electrons. The lowest BCUT2D eigenvalue weighted by Crippen LogP contribution is -2.19. The zero-order valence-electron chi connectivity index (χ0n) is 7.09. The number of nitrogens with zero attached hydrogens (tertiary/aromatic N) is 1. The first-order chi connectivity index (χ1) is 4.93. The molecule has 1 heterocycles. The third kappa shape index (κ3) is 3.83. The molecule has 2 nitrogen and oxygen atoms in total. The molecule has 2 N–H and O–H groups in total. The van der Waals surface area contributed by atoms with E-state index in [2.05, 4.69) is 36.3 Å². The topological polar surface area (TPSA) is 34.7 Å². The van der Waals surface area contributed by atoms with E-state index in [9.17, 15) is 0 Å². The van der Waals surface area contributed by atoms with Gasteiger partial charge in [-0.15, -0.1) is 0 Å². The first-order valence-corrected chi connectivity index (χ1v) is 4.01. The summed E-state index contributed by atoms with van der Waals surface area (Å²) in [6.07, 6.45) is 11.1. The van der Waals surface area contributed by atoms with E-state index < -0.39 is 0 Å². The highest BCUT2D eigenvalue weighted by Gasteiger charge is 1.96. The fourth-order valence-corrected chi connectivity index (χ4v) is 1.03. The Bertz CT molecular complexity index is 140. The zero-order valence-corrected chi connectivity index (χ0v) is 7.09. The molecule has 0 amide bonds. The summed E-state index contributed by atoms with van der Waals surface area (Å²) < 4.78 is 0. The SMILES string of the molecule is CCCCN1C=CC=CC1.O. The smallest absolute Gasteiger partial charge is 0.0357 e. The molecule has 1 aliphatic rings. The third-order valence-corrected chi connectivity index (χ3v) is 1.68. The minimum Gasteiger partial charge on any atom is -0.412 e. The van der Waals surface area contributed by atoms with Crippen molar-refractivity contribution in [2.24, 2.45) is 0 Å². The highest BCUT2D eigenvalue weighted by molar-refractivity contribution is 5.08. The molecule has 0 atom stereocenters. The summed E-state index contributed by atoms with van der Waals surface area (Å²) in [5.74, 6) is 0. The van der Waals surface area contributed by atoms with Gasteiger partial charge in [0.15, 0.2) is 0 Å². The number of hydrogen-bond acceptors (Lipinski definition) is 1. The van der Waals surface area contributed by atoms with E-state index >= 15 is 0 Å². The van der Waals surface area contributed by atoms with Crippen molar-refractivity contribution in [3.63, 3.8) is 0 Å². The van der Waals surface area contributed by atoms with Crippen LogP contribution in [0.2, 0.25) is 0 Å². The van der Waals surface area contributed by atoms with Crippen molar-refractivity contribution >= 4 is 0 Å². The van der Waals surface area contributed by atoms with E-state index in [1.165, 1.54) is 19.4 Å². The Morgan fingerprint density at radius 2 is 2.18 bits per heavy atom. The molecule has 0 aliphatic carbocycles. The molecule has 64 valence electrons. The van der Waals surface area contributed by atoms with Crippen LogP contribution in [-0.2, 0) is 0 Å². The maximum atomic E-state index is 2.34. The maximum Gasteiger partial charge on any atom is 0.0357 e. The van der Waals surface area contributed by atoms with Crippen LogP contribution in [0.3, 0.4) is 0 Å². The average Bonchev–Trinajstić information content (AvgIpc) is 2.03. The Kier molecular flexibility index (Phi) is 5.57. The molecule has 11 heavy (non-hydrogen) atoms. The van der Waals surface area contributed by atoms with Gasteiger partial charge in [-0.3, -0.25) is 0 Å². The molecule has 2 heteroatoms. The highest BCUT2D eigenvalue weighted by atomic mass is 16.0. The fraction of sp³-hybridized carbons (Fsp3) is 0.556. The number of allylic oxidation sites excluding steroid dienone is 2. The van der Waals surface area contributed by atoms with Crippen LogP contribution in [0.4, 0.5) is 0 Å². The average molecular weight is 155 g/mol. The number of unbranched alkanes of at least 4 members (excludes halogenated alkanes) is 1. The maximum absolute atomic E-state index is 2.34. The fourth-order valence-electron chi connectivity index (χ4n) is 1.03. The van der Waals surface area contributed by atoms with Crippen LogP contribution in [-0.4, -0.2) is 23.5 Å². The van der Waals surface area contributed by atoms with E-state index in [4.69, 9.17) is 0 Å². The minimum atomic E-state index is 0. The second-order valence-corrected chi connectivity index (χ2v) is 2.62. The Labute approximate surface area is 68.5 Å². The number of rotatable bonds is 3. The van der Waals surface area contributed by atoms with Gasteiger partial charge >= 0.3 is 0 Å². The van der Waals surface area contributed by atoms with Crippen LogP contribution in [0, 0.1) is 0 Å². The summed E-state index contributed by atoms with van der Waals surface area (Å²) in [5, 5.41) is 0. The monoisotopic (exact) mass is 155 g/mol. The molecule has 0 spiro atoms. The summed E-state index contributed by atoms with van der Waals surface area (Å²) in [4.78, 5) is 2.34. The van der Waals surface area contributed by atoms with Crippen LogP contribution in [0.5, 0.6) is 0 Å². The number of hydrogen-bond donors (Lipinski definition) is 0. The summed E-state index contributed by atoms with van der Waals surface area (Å²) in [7, 11) is 0. The van der Waals surface area contributed by atoms with Gasteiger partial charge in [-0.25, -0.2) is 0 Å². The van der Waals surface area contributed by atoms with Crippen LogP contribution in [0.25, 0.3) is 0 Å². The standard InChI is InChI=1S/C9H15N.H2O/c1-2-3-7-10-8-5-4-6-9-10;/h4-6,8H,2-3,7,9H2,1H3;1H2. The molecule has 1 rings (SSSR count). The Balaban J connectivity index is 0.000001000. The second-order valence-electron chi connectivity index (χ2n) is 2.62. The van der Waals surface area contributed by atoms with Crippen LogP contribution >= 0.6 is 0 Å². The zero-order chi connectivity index (χ0) is 7.23. The largest absolute Gasteiger partial charge is 0.412 e. The molecule has 0 aromatic heterocycles. The van der Waals surface area contributed by atoms with Gasteiger partial charge in [0, 0.05) is 13.1 Å². The molecule has 1 aliphatic heterocycles. The Morgan fingerprint density at radius 1 is 1.36 bits per heavy atom. The van der Waals surface area contributed by atoms with Crippen LogP contribution < -0.4 is 0 Å². The molecule has 0 saturated carbocycles. The van der Waals surface area contributed by atoms with Gasteiger partial charge in [0.1, 0.15) is 0 Å². The molecule has 0 saturated heterocycles. The van der Waals surface area contributed by atoms with E-state index in [1.807, 2.05) is 0 Å². The van der Waals surface area contributed by atoms with E-state index in [1.54, 1.807) is 0 Å². The van der Waals surface area contributed by atoms with Crippen molar-refractivity contribution < 1.29 is 5.48 Å². The highest BCUT2D eigenvalue weighted by Crippen LogP contribution is 2.00. The predicted octanol–water partition coefficient (Wildman–Crippen LogP) is 1.35. The summed E-state index contributed by atoms with van der Waals surface area (Å²) >= 11 is 0. The lowest BCUT2D eigenvalue weighted by atomic mass is 10.3. The molecular weight excluding hydrogens is 138 g/mol. The second kappa shape index (κ2) is 5.98. The molecule has 0 aromatic carbocycles. The molecule has 0 fully saturated rings. The van der Waals surface area contributed by atoms with Gasteiger partial charge in [-0.05, 0) is 18.7 Å². The van der Waals surface area contributed by atoms with Crippen LogP contribution in [0.1, 0.15) is 19.8 Å². The van der Waals surface area contributed by atoms with Gasteiger partial charge in [0.05, 0.1) is 0 Å². The van der Waals surface area contributed by atoms with Gasteiger partial charge in [-0.1, -0.05) is 25.5 Å². The Morgan fingerprint density at radius 3 is 2.73 bits per heavy atom. The minimum absolute atomic E-state index is 0. The lowest BCUT2D eigenvalue weighted by molar-refractivity contribution is 0.401. The van der Waals surface area contributed by atoms with Crippen molar-refractivity contribution in [3.8, 4) is 0 Å². The lowest BCUT2D eigenvalue weighted by Gasteiger charge is -2.19. The van der Waals surface area contributed by atoms with Gasteiger partial charge in [0.2, 0.25) is 0 Å². The van der Waals surface area contributed by atoms with E-state index in [-0.39, 0.29) is 5.48 Å². The Hall–Kier alpha value is -0.760. The first kappa shape index (κ1) is 10.2. The quantitative estimate of drug-likeness (QED) is 0.605. The van der Waals surface area contributed by atoms with Gasteiger partial charge in [0.25, 0.3) is 0 Å². The van der Waals surface area contributed by atoms with Crippen molar-refractivity contribution in [2.45, 2.75) is 19.8 Å². The van der Waals surface area contributed by atoms with Gasteiger partial charge in [-0.2, -0.15) is 0 Å². The summed E-state index contributed by atoms with van der Waals surface area (Å²) in [5.41, 5.74) is 0. The third-order valence-electron chi connectivity index (χ3n) is 1.68. The normalized spacial score (nSPS) is 14.8. The van der Waals surface area contributed by atoms with E-state index in [0.29, 0.717) is 0 Å². The predicted molar refractivity (Wildman–Crippen MR) is 48.4 cm³/mol. The molecule has 0 unspecified atom stereocenters. The van der Waals surface area contributed by atoms with Crippen LogP contribution in [0.15, 0.2) is 24.4 Å². The summed E-state index contributed by atoms with van der Waals surface area (Å²) in [6.45, 7) is 4.53. The van der Waals surface area contributed by atoms with Crippen molar-refractivity contribution in [1.29, 1.82) is 0 Å².